The molecular weight excluding hydrogens is 246 g/mol. The molecule has 0 saturated heterocycles. The molecule has 0 aromatic rings. The molecule has 0 fully saturated rings. The lowest BCUT2D eigenvalue weighted by Gasteiger charge is -1.95. The van der Waals surface area contributed by atoms with Crippen LogP contribution in [0.2, 0.25) is 0 Å². The largest absolute Gasteiger partial charge is 0.411 e. The zero-order chi connectivity index (χ0) is 15.0. The molecule has 0 rings (SSSR count). The highest BCUT2D eigenvalue weighted by Gasteiger charge is 2.00. The van der Waals surface area contributed by atoms with Crippen LogP contribution in [0.5, 0.6) is 0 Å². The normalized spacial score (nSPS) is 11.7. The number of hydrogen-bond donors (Lipinski definition) is 2. The minimum absolute atomic E-state index is 0.325. The van der Waals surface area contributed by atoms with E-state index in [-0.39, 0.29) is 5.12 Å². The summed E-state index contributed by atoms with van der Waals surface area (Å²) in [7, 11) is 0. The molecule has 4 heteroatoms. The second-order valence-electron chi connectivity index (χ2n) is 2.44. The average Bonchev–Trinajstić information content (AvgIpc) is 2.41. The lowest BCUT2D eigenvalue weighted by atomic mass is 10.1. The first-order valence-electron chi connectivity index (χ1n) is 6.07. The summed E-state index contributed by atoms with van der Waals surface area (Å²) in [5.74, 6) is 0. The Morgan fingerprint density at radius 1 is 1.17 bits per heavy atom. The summed E-state index contributed by atoms with van der Waals surface area (Å²) in [5, 5.41) is 10.9. The zero-order valence-corrected chi connectivity index (χ0v) is 13.0. The SMILES string of the molecule is CC.CC.C\C=C/C(=C\C(\C=N\O)=C/C)C(=O)S. The quantitative estimate of drug-likeness (QED) is 0.199. The Kier molecular flexibility index (Phi) is 22.0. The van der Waals surface area contributed by atoms with E-state index >= 15 is 0 Å². The van der Waals surface area contributed by atoms with E-state index in [0.29, 0.717) is 11.1 Å². The monoisotopic (exact) mass is 271 g/mol. The van der Waals surface area contributed by atoms with Crippen LogP contribution in [0.1, 0.15) is 41.5 Å². The molecule has 1 N–H and O–H groups in total. The topological polar surface area (TPSA) is 49.7 Å². The van der Waals surface area contributed by atoms with Crippen molar-refractivity contribution in [3.05, 3.63) is 35.5 Å². The fourth-order valence-electron chi connectivity index (χ4n) is 0.802. The predicted octanol–water partition coefficient (Wildman–Crippen LogP) is 4.40. The number of hydrogen-bond acceptors (Lipinski definition) is 3. The van der Waals surface area contributed by atoms with Crippen LogP contribution < -0.4 is 0 Å². The molecule has 0 aliphatic carbocycles. The summed E-state index contributed by atoms with van der Waals surface area (Å²) >= 11 is 3.72. The summed E-state index contributed by atoms with van der Waals surface area (Å²) in [4.78, 5) is 11.0. The highest BCUT2D eigenvalue weighted by atomic mass is 32.1. The van der Waals surface area contributed by atoms with Gasteiger partial charge in [-0.1, -0.05) is 51.1 Å². The fourth-order valence-corrected chi connectivity index (χ4v) is 0.941. The van der Waals surface area contributed by atoms with Gasteiger partial charge in [0.2, 0.25) is 5.12 Å². The van der Waals surface area contributed by atoms with Crippen molar-refractivity contribution in [1.82, 2.24) is 0 Å². The van der Waals surface area contributed by atoms with Crippen LogP contribution >= 0.6 is 12.6 Å². The van der Waals surface area contributed by atoms with Gasteiger partial charge in [0, 0.05) is 5.57 Å². The molecule has 0 spiro atoms. The van der Waals surface area contributed by atoms with Gasteiger partial charge >= 0.3 is 0 Å². The number of oxime groups is 1. The number of carbonyl (C=O) groups is 1. The molecule has 104 valence electrons. The molecule has 18 heavy (non-hydrogen) atoms. The average molecular weight is 271 g/mol. The Balaban J connectivity index is -0.000000506. The van der Waals surface area contributed by atoms with Gasteiger partial charge in [-0.05, 0) is 25.5 Å². The van der Waals surface area contributed by atoms with Crippen molar-refractivity contribution >= 4 is 24.0 Å². The molecule has 0 unspecified atom stereocenters. The van der Waals surface area contributed by atoms with Crippen LogP contribution in [0.25, 0.3) is 0 Å². The maximum absolute atomic E-state index is 11.0. The van der Waals surface area contributed by atoms with Gasteiger partial charge in [0.05, 0.1) is 6.21 Å². The van der Waals surface area contributed by atoms with Crippen molar-refractivity contribution in [3.8, 4) is 0 Å². The van der Waals surface area contributed by atoms with Crippen LogP contribution in [0.4, 0.5) is 0 Å². The van der Waals surface area contributed by atoms with Crippen LogP contribution in [-0.4, -0.2) is 16.5 Å². The van der Waals surface area contributed by atoms with E-state index in [1.54, 1.807) is 38.2 Å². The second kappa shape index (κ2) is 18.1. The second-order valence-corrected chi connectivity index (χ2v) is 2.84. The van der Waals surface area contributed by atoms with Crippen LogP contribution in [0.3, 0.4) is 0 Å². The van der Waals surface area contributed by atoms with Crippen molar-refractivity contribution in [3.63, 3.8) is 0 Å². The molecule has 0 aliphatic heterocycles. The number of thiol groups is 1. The minimum Gasteiger partial charge on any atom is -0.411 e. The Hall–Kier alpha value is -1.29. The molecule has 0 aromatic heterocycles. The van der Waals surface area contributed by atoms with Crippen molar-refractivity contribution in [2.75, 3.05) is 0 Å². The van der Waals surface area contributed by atoms with Crippen molar-refractivity contribution in [2.24, 2.45) is 5.16 Å². The van der Waals surface area contributed by atoms with Gasteiger partial charge in [0.1, 0.15) is 0 Å². The van der Waals surface area contributed by atoms with Gasteiger partial charge in [-0.3, -0.25) is 4.79 Å². The van der Waals surface area contributed by atoms with E-state index in [4.69, 9.17) is 5.21 Å². The Morgan fingerprint density at radius 2 is 1.67 bits per heavy atom. The smallest absolute Gasteiger partial charge is 0.216 e. The van der Waals surface area contributed by atoms with Crippen molar-refractivity contribution < 1.29 is 10.0 Å². The molecule has 0 amide bonds. The van der Waals surface area contributed by atoms with Gasteiger partial charge in [0.25, 0.3) is 0 Å². The molecule has 3 nitrogen and oxygen atoms in total. The molecule has 0 bridgehead atoms. The molecule has 0 radical (unpaired) electrons. The zero-order valence-electron chi connectivity index (χ0n) is 12.1. The lowest BCUT2D eigenvalue weighted by Crippen LogP contribution is -1.92. The maximum Gasteiger partial charge on any atom is 0.216 e. The van der Waals surface area contributed by atoms with Gasteiger partial charge in [-0.2, -0.15) is 0 Å². The first kappa shape index (κ1) is 21.9. The number of allylic oxidation sites excluding steroid dienone is 5. The minimum atomic E-state index is -0.325. The van der Waals surface area contributed by atoms with E-state index in [0.717, 1.165) is 0 Å². The third-order valence-corrected chi connectivity index (χ3v) is 1.71. The van der Waals surface area contributed by atoms with E-state index in [1.807, 2.05) is 27.7 Å². The molecule has 0 atom stereocenters. The molecule has 0 heterocycles. The third kappa shape index (κ3) is 12.8. The van der Waals surface area contributed by atoms with Crippen molar-refractivity contribution in [1.29, 1.82) is 0 Å². The first-order chi connectivity index (χ1) is 8.65. The van der Waals surface area contributed by atoms with Crippen LogP contribution in [0.15, 0.2) is 40.6 Å². The number of carbonyl (C=O) groups excluding carboxylic acids is 1. The highest BCUT2D eigenvalue weighted by Crippen LogP contribution is 2.06. The number of rotatable bonds is 4. The van der Waals surface area contributed by atoms with Gasteiger partial charge in [0.15, 0.2) is 0 Å². The predicted molar refractivity (Wildman–Crippen MR) is 83.6 cm³/mol. The summed E-state index contributed by atoms with van der Waals surface area (Å²) < 4.78 is 0. The third-order valence-electron chi connectivity index (χ3n) is 1.46. The highest BCUT2D eigenvalue weighted by molar-refractivity contribution is 7.97. The van der Waals surface area contributed by atoms with Gasteiger partial charge in [-0.15, -0.1) is 12.6 Å². The van der Waals surface area contributed by atoms with Gasteiger partial charge in [-0.25, -0.2) is 0 Å². The lowest BCUT2D eigenvalue weighted by molar-refractivity contribution is -0.107. The Labute approximate surface area is 116 Å². The fraction of sp³-hybridized carbons (Fsp3) is 0.429. The molecule has 0 aromatic carbocycles. The first-order valence-corrected chi connectivity index (χ1v) is 6.51. The summed E-state index contributed by atoms with van der Waals surface area (Å²) in [6.07, 6.45) is 7.95. The Morgan fingerprint density at radius 3 is 1.94 bits per heavy atom. The van der Waals surface area contributed by atoms with Crippen LogP contribution in [0, 0.1) is 0 Å². The summed E-state index contributed by atoms with van der Waals surface area (Å²) in [5.41, 5.74) is 1.09. The maximum atomic E-state index is 11.0. The molecule has 0 saturated carbocycles. The van der Waals surface area contributed by atoms with Crippen LogP contribution in [-0.2, 0) is 4.79 Å². The number of nitrogens with zero attached hydrogens (tertiary/aromatic N) is 1. The van der Waals surface area contributed by atoms with E-state index in [1.165, 1.54) is 6.21 Å². The Bertz CT molecular complexity index is 316. The van der Waals surface area contributed by atoms with Gasteiger partial charge < -0.3 is 5.21 Å². The summed E-state index contributed by atoms with van der Waals surface area (Å²) in [6.45, 7) is 11.6. The summed E-state index contributed by atoms with van der Waals surface area (Å²) in [6, 6.07) is 0. The molecular formula is C14H25NO2S. The van der Waals surface area contributed by atoms with Crippen molar-refractivity contribution in [2.45, 2.75) is 41.5 Å². The van der Waals surface area contributed by atoms with E-state index in [2.05, 4.69) is 17.8 Å². The van der Waals surface area contributed by atoms with E-state index in [9.17, 15) is 4.79 Å². The molecule has 0 aliphatic rings. The van der Waals surface area contributed by atoms with E-state index < -0.39 is 0 Å². The standard InChI is InChI=1S/C10H13NO2S.2C2H6/c1-3-5-9(10(12)14)6-8(4-2)7-11-13;2*1-2/h3-7,13H,1-2H3,(H,12,14);2*1-2H3/b5-3-,8-4+,9-6+,11-7+;;.